The molecule has 0 bridgehead atoms. The molecule has 0 N–H and O–H groups in total. The van der Waals surface area contributed by atoms with E-state index in [-0.39, 0.29) is 0 Å². The van der Waals surface area contributed by atoms with Crippen LogP contribution in [0.15, 0.2) is 54.7 Å². The van der Waals surface area contributed by atoms with E-state index in [0.29, 0.717) is 0 Å². The fourth-order valence-corrected chi connectivity index (χ4v) is 2.92. The van der Waals surface area contributed by atoms with Gasteiger partial charge in [-0.05, 0) is 36.8 Å². The molecule has 0 amide bonds. The number of rotatable bonds is 3. The quantitative estimate of drug-likeness (QED) is 0.688. The van der Waals surface area contributed by atoms with Gasteiger partial charge in [0.15, 0.2) is 0 Å². The van der Waals surface area contributed by atoms with Crippen LogP contribution in [0.1, 0.15) is 5.56 Å². The number of ether oxygens (including phenoxy) is 1. The van der Waals surface area contributed by atoms with E-state index in [1.54, 1.807) is 18.4 Å². The molecule has 3 aromatic rings. The van der Waals surface area contributed by atoms with E-state index in [1.165, 1.54) is 16.0 Å². The van der Waals surface area contributed by atoms with Crippen LogP contribution in [0.4, 0.5) is 0 Å². The van der Waals surface area contributed by atoms with Crippen LogP contribution < -0.4 is 4.74 Å². The van der Waals surface area contributed by atoms with Crippen molar-refractivity contribution in [2.24, 2.45) is 0 Å². The van der Waals surface area contributed by atoms with Gasteiger partial charge in [-0.3, -0.25) is 0 Å². The lowest BCUT2D eigenvalue weighted by Crippen LogP contribution is -1.81. The first-order valence-corrected chi connectivity index (χ1v) is 7.25. The summed E-state index contributed by atoms with van der Waals surface area (Å²) in [5.41, 5.74) is 3.61. The molecule has 0 aliphatic heterocycles. The highest BCUT2D eigenvalue weighted by Gasteiger charge is 2.06. The molecule has 1 heterocycles. The lowest BCUT2D eigenvalue weighted by Gasteiger charge is -2.00. The maximum absolute atomic E-state index is 5.17. The molecule has 0 fully saturated rings. The molecule has 0 aliphatic rings. The monoisotopic (exact) mass is 281 g/mol. The Labute approximate surface area is 122 Å². The zero-order valence-electron chi connectivity index (χ0n) is 11.5. The number of nitrogens with zero attached hydrogens (tertiary/aromatic N) is 1. The molecule has 0 saturated carbocycles. The van der Waals surface area contributed by atoms with Crippen LogP contribution in [-0.4, -0.2) is 12.1 Å². The largest absolute Gasteiger partial charge is 0.497 e. The number of aryl methyl sites for hydroxylation is 1. The Kier molecular flexibility index (Phi) is 3.52. The van der Waals surface area contributed by atoms with Crippen LogP contribution in [-0.2, 0) is 0 Å². The predicted molar refractivity (Wildman–Crippen MR) is 84.3 cm³/mol. The molecule has 0 atom stereocenters. The van der Waals surface area contributed by atoms with Gasteiger partial charge in [-0.25, -0.2) is 4.98 Å². The van der Waals surface area contributed by atoms with Crippen molar-refractivity contribution in [2.75, 3.05) is 7.11 Å². The summed E-state index contributed by atoms with van der Waals surface area (Å²) < 4.78 is 5.17. The topological polar surface area (TPSA) is 22.1 Å². The van der Waals surface area contributed by atoms with Crippen LogP contribution in [0.3, 0.4) is 0 Å². The second-order valence-corrected chi connectivity index (χ2v) is 5.65. The summed E-state index contributed by atoms with van der Waals surface area (Å²) in [4.78, 5) is 5.71. The molecular formula is C17H15NOS. The second kappa shape index (κ2) is 5.47. The van der Waals surface area contributed by atoms with Gasteiger partial charge in [0.25, 0.3) is 0 Å². The molecule has 1 aromatic heterocycles. The molecule has 0 unspecified atom stereocenters. The smallest absolute Gasteiger partial charge is 0.123 e. The molecule has 20 heavy (non-hydrogen) atoms. The first-order chi connectivity index (χ1) is 9.76. The number of hydrogen-bond donors (Lipinski definition) is 0. The minimum atomic E-state index is 0.865. The predicted octanol–water partition coefficient (Wildman–Crippen LogP) is 4.79. The number of methoxy groups -OCH3 is 1. The van der Waals surface area contributed by atoms with Crippen LogP contribution in [0, 0.1) is 6.92 Å². The molecule has 3 heteroatoms. The summed E-state index contributed by atoms with van der Waals surface area (Å²) in [6.07, 6.45) is 1.94. The van der Waals surface area contributed by atoms with E-state index in [4.69, 9.17) is 4.74 Å². The van der Waals surface area contributed by atoms with E-state index in [1.807, 2.05) is 30.5 Å². The Hall–Kier alpha value is -2.13. The number of hydrogen-bond acceptors (Lipinski definition) is 3. The van der Waals surface area contributed by atoms with Gasteiger partial charge in [-0.15, -0.1) is 11.3 Å². The lowest BCUT2D eigenvalue weighted by atomic mass is 10.1. The van der Waals surface area contributed by atoms with Gasteiger partial charge in [0.05, 0.1) is 12.0 Å². The Morgan fingerprint density at radius 2 is 1.55 bits per heavy atom. The number of benzene rings is 2. The zero-order valence-corrected chi connectivity index (χ0v) is 12.3. The lowest BCUT2D eigenvalue weighted by molar-refractivity contribution is 0.415. The van der Waals surface area contributed by atoms with E-state index in [2.05, 4.69) is 36.2 Å². The summed E-state index contributed by atoms with van der Waals surface area (Å²) in [6, 6.07) is 16.5. The van der Waals surface area contributed by atoms with Gasteiger partial charge >= 0.3 is 0 Å². The SMILES string of the molecule is COc1ccc(-c2ncc(-c3ccc(C)cc3)s2)cc1. The Bertz CT molecular complexity index is 699. The summed E-state index contributed by atoms with van der Waals surface area (Å²) in [6.45, 7) is 2.10. The van der Waals surface area contributed by atoms with Gasteiger partial charge in [-0.2, -0.15) is 0 Å². The summed E-state index contributed by atoms with van der Waals surface area (Å²) in [7, 11) is 1.67. The third-order valence-electron chi connectivity index (χ3n) is 3.18. The molecule has 2 aromatic carbocycles. The van der Waals surface area contributed by atoms with Crippen molar-refractivity contribution in [3.63, 3.8) is 0 Å². The molecular weight excluding hydrogens is 266 g/mol. The van der Waals surface area contributed by atoms with Gasteiger partial charge in [0.2, 0.25) is 0 Å². The van der Waals surface area contributed by atoms with Crippen molar-refractivity contribution in [3.8, 4) is 26.8 Å². The third-order valence-corrected chi connectivity index (χ3v) is 4.27. The average molecular weight is 281 g/mol. The fourth-order valence-electron chi connectivity index (χ4n) is 1.99. The average Bonchev–Trinajstić information content (AvgIpc) is 2.98. The van der Waals surface area contributed by atoms with Gasteiger partial charge in [0.1, 0.15) is 10.8 Å². The van der Waals surface area contributed by atoms with Crippen molar-refractivity contribution < 1.29 is 4.74 Å². The molecule has 0 saturated heterocycles. The Morgan fingerprint density at radius 1 is 0.900 bits per heavy atom. The van der Waals surface area contributed by atoms with E-state index < -0.39 is 0 Å². The first kappa shape index (κ1) is 12.9. The minimum Gasteiger partial charge on any atom is -0.497 e. The maximum atomic E-state index is 5.17. The van der Waals surface area contributed by atoms with Crippen LogP contribution in [0.5, 0.6) is 5.75 Å². The third kappa shape index (κ3) is 2.58. The van der Waals surface area contributed by atoms with E-state index in [9.17, 15) is 0 Å². The van der Waals surface area contributed by atoms with E-state index in [0.717, 1.165) is 16.3 Å². The van der Waals surface area contributed by atoms with Crippen molar-refractivity contribution in [3.05, 3.63) is 60.3 Å². The summed E-state index contributed by atoms with van der Waals surface area (Å²) in [5, 5.41) is 1.03. The van der Waals surface area contributed by atoms with E-state index >= 15 is 0 Å². The van der Waals surface area contributed by atoms with Gasteiger partial charge < -0.3 is 4.74 Å². The van der Waals surface area contributed by atoms with Crippen molar-refractivity contribution >= 4 is 11.3 Å². The van der Waals surface area contributed by atoms with Crippen LogP contribution in [0.25, 0.3) is 21.0 Å². The molecule has 2 nitrogen and oxygen atoms in total. The van der Waals surface area contributed by atoms with Crippen molar-refractivity contribution in [1.82, 2.24) is 4.98 Å². The van der Waals surface area contributed by atoms with Crippen molar-refractivity contribution in [2.45, 2.75) is 6.92 Å². The molecule has 0 radical (unpaired) electrons. The molecule has 0 spiro atoms. The van der Waals surface area contributed by atoms with Crippen molar-refractivity contribution in [1.29, 1.82) is 0 Å². The number of aromatic nitrogens is 1. The summed E-state index contributed by atoms with van der Waals surface area (Å²) in [5.74, 6) is 0.865. The van der Waals surface area contributed by atoms with Crippen LogP contribution >= 0.6 is 11.3 Å². The second-order valence-electron chi connectivity index (χ2n) is 4.62. The highest BCUT2D eigenvalue weighted by atomic mass is 32.1. The van der Waals surface area contributed by atoms with Crippen LogP contribution in [0.2, 0.25) is 0 Å². The maximum Gasteiger partial charge on any atom is 0.123 e. The molecule has 3 rings (SSSR count). The minimum absolute atomic E-state index is 0.865. The standard InChI is InChI=1S/C17H15NOS/c1-12-3-5-13(6-4-12)16-11-18-17(20-16)14-7-9-15(19-2)10-8-14/h3-11H,1-2H3. The normalized spacial score (nSPS) is 10.5. The Morgan fingerprint density at radius 3 is 2.20 bits per heavy atom. The molecule has 0 aliphatic carbocycles. The fraction of sp³-hybridized carbons (Fsp3) is 0.118. The highest BCUT2D eigenvalue weighted by Crippen LogP contribution is 2.32. The number of thiazole rings is 1. The van der Waals surface area contributed by atoms with Gasteiger partial charge in [0, 0.05) is 11.8 Å². The summed E-state index contributed by atoms with van der Waals surface area (Å²) >= 11 is 1.71. The first-order valence-electron chi connectivity index (χ1n) is 6.43. The van der Waals surface area contributed by atoms with Gasteiger partial charge in [-0.1, -0.05) is 29.8 Å². The Balaban J connectivity index is 1.91. The molecule has 100 valence electrons. The zero-order chi connectivity index (χ0) is 13.9. The highest BCUT2D eigenvalue weighted by molar-refractivity contribution is 7.18.